The molecule has 0 saturated carbocycles. The summed E-state index contributed by atoms with van der Waals surface area (Å²) in [5, 5.41) is 11.6. The van der Waals surface area contributed by atoms with Crippen molar-refractivity contribution < 1.29 is 19.4 Å². The van der Waals surface area contributed by atoms with Gasteiger partial charge in [0.2, 0.25) is 0 Å². The first-order chi connectivity index (χ1) is 9.88. The van der Waals surface area contributed by atoms with Crippen LogP contribution in [0.1, 0.15) is 26.2 Å². The molecule has 122 valence electrons. The van der Waals surface area contributed by atoms with Crippen LogP contribution >= 0.6 is 0 Å². The van der Waals surface area contributed by atoms with Gasteiger partial charge in [-0.3, -0.25) is 0 Å². The van der Waals surface area contributed by atoms with Crippen LogP contribution in [0.2, 0.25) is 0 Å². The number of hydrogen-bond acceptors (Lipinski definition) is 4. The molecule has 0 aromatic heterocycles. The molecular weight excluding hydrogens is 274 g/mol. The molecule has 1 unspecified atom stereocenters. The van der Waals surface area contributed by atoms with Gasteiger partial charge in [-0.05, 0) is 46.8 Å². The zero-order chi connectivity index (χ0) is 15.8. The smallest absolute Gasteiger partial charge is 0.329 e. The maximum Gasteiger partial charge on any atom is 0.329 e. The minimum absolute atomic E-state index is 0.0436. The summed E-state index contributed by atoms with van der Waals surface area (Å²) < 4.78 is 5.26. The van der Waals surface area contributed by atoms with Gasteiger partial charge >= 0.3 is 12.0 Å². The lowest BCUT2D eigenvalue weighted by Crippen LogP contribution is -2.48. The van der Waals surface area contributed by atoms with E-state index < -0.39 is 5.97 Å². The van der Waals surface area contributed by atoms with Gasteiger partial charge in [-0.1, -0.05) is 0 Å². The third-order valence-electron chi connectivity index (χ3n) is 3.55. The number of rotatable bonds is 7. The van der Waals surface area contributed by atoms with Crippen LogP contribution in [-0.2, 0) is 9.53 Å². The van der Waals surface area contributed by atoms with Crippen LogP contribution in [0.3, 0.4) is 0 Å². The molecule has 1 atom stereocenters. The molecule has 7 heteroatoms. The summed E-state index contributed by atoms with van der Waals surface area (Å²) in [4.78, 5) is 26.4. The summed E-state index contributed by atoms with van der Waals surface area (Å²) in [6.45, 7) is 3.89. The van der Waals surface area contributed by atoms with Crippen molar-refractivity contribution in [2.24, 2.45) is 0 Å². The Balaban J connectivity index is 2.23. The van der Waals surface area contributed by atoms with E-state index in [1.165, 1.54) is 0 Å². The van der Waals surface area contributed by atoms with Crippen molar-refractivity contribution in [1.29, 1.82) is 0 Å². The number of piperidine rings is 1. The highest BCUT2D eigenvalue weighted by Crippen LogP contribution is 2.13. The maximum absolute atomic E-state index is 12.1. The molecule has 2 N–H and O–H groups in total. The molecule has 2 amide bonds. The topological polar surface area (TPSA) is 82.1 Å². The standard InChI is InChI=1S/C14H27N3O4/c1-11(4-7-16(2)3)15-14(20)17-8-5-12(6-9-17)21-10-13(18)19/h11-12H,4-10H2,1-3H3,(H,15,20)(H,18,19). The number of urea groups is 1. The second-order valence-electron chi connectivity index (χ2n) is 5.83. The summed E-state index contributed by atoms with van der Waals surface area (Å²) >= 11 is 0. The van der Waals surface area contributed by atoms with E-state index in [-0.39, 0.29) is 24.8 Å². The Labute approximate surface area is 126 Å². The van der Waals surface area contributed by atoms with Gasteiger partial charge in [-0.2, -0.15) is 0 Å². The summed E-state index contributed by atoms with van der Waals surface area (Å²) in [6, 6.07) is 0.0961. The summed E-state index contributed by atoms with van der Waals surface area (Å²) in [6.07, 6.45) is 2.23. The van der Waals surface area contributed by atoms with Gasteiger partial charge in [0, 0.05) is 19.1 Å². The molecule has 7 nitrogen and oxygen atoms in total. The van der Waals surface area contributed by atoms with E-state index in [1.54, 1.807) is 4.90 Å². The molecule has 1 saturated heterocycles. The number of carboxylic acid groups (broad SMARTS) is 1. The van der Waals surface area contributed by atoms with Crippen molar-refractivity contribution in [2.75, 3.05) is 40.3 Å². The van der Waals surface area contributed by atoms with E-state index in [0.717, 1.165) is 13.0 Å². The first kappa shape index (κ1) is 17.7. The Hall–Kier alpha value is -1.34. The molecule has 21 heavy (non-hydrogen) atoms. The third-order valence-corrected chi connectivity index (χ3v) is 3.55. The van der Waals surface area contributed by atoms with E-state index in [4.69, 9.17) is 9.84 Å². The van der Waals surface area contributed by atoms with Gasteiger partial charge in [0.15, 0.2) is 0 Å². The average molecular weight is 301 g/mol. The lowest BCUT2D eigenvalue weighted by atomic mass is 10.1. The number of carbonyl (C=O) groups excluding carboxylic acids is 1. The van der Waals surface area contributed by atoms with Crippen LogP contribution in [0, 0.1) is 0 Å². The Kier molecular flexibility index (Phi) is 7.45. The van der Waals surface area contributed by atoms with E-state index in [2.05, 4.69) is 10.2 Å². The minimum atomic E-state index is -0.954. The highest BCUT2D eigenvalue weighted by atomic mass is 16.5. The van der Waals surface area contributed by atoms with Crippen LogP contribution in [-0.4, -0.2) is 79.4 Å². The summed E-state index contributed by atoms with van der Waals surface area (Å²) in [5.74, 6) is -0.954. The number of nitrogens with one attached hydrogen (secondary N) is 1. The van der Waals surface area contributed by atoms with Crippen molar-refractivity contribution in [3.8, 4) is 0 Å². The Morgan fingerprint density at radius 3 is 2.52 bits per heavy atom. The molecule has 0 radical (unpaired) electrons. The highest BCUT2D eigenvalue weighted by Gasteiger charge is 2.24. The van der Waals surface area contributed by atoms with Gasteiger partial charge < -0.3 is 25.0 Å². The van der Waals surface area contributed by atoms with Crippen molar-refractivity contribution >= 4 is 12.0 Å². The molecule has 1 rings (SSSR count). The molecular formula is C14H27N3O4. The molecule has 0 aromatic carbocycles. The van der Waals surface area contributed by atoms with Crippen molar-refractivity contribution in [2.45, 2.75) is 38.3 Å². The van der Waals surface area contributed by atoms with Crippen molar-refractivity contribution in [3.05, 3.63) is 0 Å². The molecule has 0 spiro atoms. The van der Waals surface area contributed by atoms with Gasteiger partial charge in [0.25, 0.3) is 0 Å². The zero-order valence-electron chi connectivity index (χ0n) is 13.2. The van der Waals surface area contributed by atoms with Gasteiger partial charge in [0.1, 0.15) is 6.61 Å². The molecule has 1 heterocycles. The molecule has 0 bridgehead atoms. The van der Waals surface area contributed by atoms with Crippen LogP contribution in [0.5, 0.6) is 0 Å². The molecule has 1 fully saturated rings. The van der Waals surface area contributed by atoms with Crippen LogP contribution in [0.15, 0.2) is 0 Å². The predicted molar refractivity (Wildman–Crippen MR) is 79.3 cm³/mol. The number of ether oxygens (including phenoxy) is 1. The summed E-state index contributed by atoms with van der Waals surface area (Å²) in [5.41, 5.74) is 0. The number of amides is 2. The molecule has 1 aliphatic rings. The van der Waals surface area contributed by atoms with Crippen LogP contribution in [0.4, 0.5) is 4.79 Å². The second kappa shape index (κ2) is 8.84. The molecule has 1 aliphatic heterocycles. The van der Waals surface area contributed by atoms with Gasteiger partial charge in [-0.15, -0.1) is 0 Å². The maximum atomic E-state index is 12.1. The van der Waals surface area contributed by atoms with Crippen LogP contribution < -0.4 is 5.32 Å². The first-order valence-corrected chi connectivity index (χ1v) is 7.42. The fourth-order valence-electron chi connectivity index (χ4n) is 2.24. The predicted octanol–water partition coefficient (Wildman–Crippen LogP) is 0.602. The monoisotopic (exact) mass is 301 g/mol. The lowest BCUT2D eigenvalue weighted by molar-refractivity contribution is -0.145. The van der Waals surface area contributed by atoms with Crippen molar-refractivity contribution in [3.63, 3.8) is 0 Å². The largest absolute Gasteiger partial charge is 0.480 e. The average Bonchev–Trinajstić information content (AvgIpc) is 2.43. The Morgan fingerprint density at radius 2 is 2.00 bits per heavy atom. The van der Waals surface area contributed by atoms with Gasteiger partial charge in [0.05, 0.1) is 6.10 Å². The third kappa shape index (κ3) is 7.29. The Morgan fingerprint density at radius 1 is 1.38 bits per heavy atom. The van der Waals surface area contributed by atoms with Crippen LogP contribution in [0.25, 0.3) is 0 Å². The minimum Gasteiger partial charge on any atom is -0.480 e. The Bertz CT molecular complexity index is 341. The number of hydrogen-bond donors (Lipinski definition) is 2. The number of carboxylic acids is 1. The SMILES string of the molecule is CC(CCN(C)C)NC(=O)N1CCC(OCC(=O)O)CC1. The number of carbonyl (C=O) groups is 2. The highest BCUT2D eigenvalue weighted by molar-refractivity contribution is 5.74. The number of nitrogens with zero attached hydrogens (tertiary/aromatic N) is 2. The first-order valence-electron chi connectivity index (χ1n) is 7.42. The van der Waals surface area contributed by atoms with E-state index in [1.807, 2.05) is 21.0 Å². The van der Waals surface area contributed by atoms with Gasteiger partial charge in [-0.25, -0.2) is 9.59 Å². The van der Waals surface area contributed by atoms with E-state index >= 15 is 0 Å². The van der Waals surface area contributed by atoms with Crippen molar-refractivity contribution in [1.82, 2.24) is 15.1 Å². The number of likely N-dealkylation sites (tertiary alicyclic amines) is 1. The molecule has 0 aromatic rings. The molecule has 0 aliphatic carbocycles. The van der Waals surface area contributed by atoms with E-state index in [0.29, 0.717) is 25.9 Å². The fraction of sp³-hybridized carbons (Fsp3) is 0.857. The zero-order valence-corrected chi connectivity index (χ0v) is 13.2. The van der Waals surface area contributed by atoms with E-state index in [9.17, 15) is 9.59 Å². The fourth-order valence-corrected chi connectivity index (χ4v) is 2.24. The quantitative estimate of drug-likeness (QED) is 0.719. The second-order valence-corrected chi connectivity index (χ2v) is 5.83. The summed E-state index contributed by atoms with van der Waals surface area (Å²) in [7, 11) is 4.02. The number of aliphatic carboxylic acids is 1. The normalized spacial score (nSPS) is 17.8. The lowest BCUT2D eigenvalue weighted by Gasteiger charge is -2.32.